The third kappa shape index (κ3) is 2.80. The fourth-order valence-corrected chi connectivity index (χ4v) is 1.33. The molecule has 1 aromatic heterocycles. The highest BCUT2D eigenvalue weighted by Crippen LogP contribution is 2.07. The van der Waals surface area contributed by atoms with Crippen molar-refractivity contribution >= 4 is 0 Å². The molecule has 0 aromatic carbocycles. The molecule has 80 valence electrons. The van der Waals surface area contributed by atoms with Gasteiger partial charge in [-0.15, -0.1) is 5.10 Å². The molecule has 0 aliphatic carbocycles. The van der Waals surface area contributed by atoms with E-state index in [0.717, 1.165) is 24.4 Å². The molecule has 1 N–H and O–H groups in total. The van der Waals surface area contributed by atoms with E-state index in [1.807, 2.05) is 11.6 Å². The number of rotatable bonds is 5. The topological polar surface area (TPSA) is 50.9 Å². The Morgan fingerprint density at radius 1 is 1.43 bits per heavy atom. The largest absolute Gasteiger partial charge is 0.396 e. The summed E-state index contributed by atoms with van der Waals surface area (Å²) in [6.45, 7) is 7.46. The summed E-state index contributed by atoms with van der Waals surface area (Å²) in [6, 6.07) is 0. The van der Waals surface area contributed by atoms with E-state index in [4.69, 9.17) is 5.11 Å². The number of hydrogen-bond acceptors (Lipinski definition) is 3. The fraction of sp³-hybridized carbons (Fsp3) is 0.800. The van der Waals surface area contributed by atoms with Crippen LogP contribution in [0, 0.1) is 12.8 Å². The molecule has 14 heavy (non-hydrogen) atoms. The number of aliphatic hydroxyl groups excluding tert-OH is 1. The first-order chi connectivity index (χ1) is 6.65. The molecular weight excluding hydrogens is 178 g/mol. The zero-order valence-electron chi connectivity index (χ0n) is 9.19. The number of nitrogens with zero attached hydrogens (tertiary/aromatic N) is 3. The lowest BCUT2D eigenvalue weighted by Gasteiger charge is -2.05. The zero-order chi connectivity index (χ0) is 10.6. The molecule has 0 aliphatic rings. The highest BCUT2D eigenvalue weighted by atomic mass is 16.3. The van der Waals surface area contributed by atoms with Crippen LogP contribution < -0.4 is 0 Å². The maximum Gasteiger partial charge on any atom is 0.0879 e. The van der Waals surface area contributed by atoms with Crippen molar-refractivity contribution in [3.8, 4) is 0 Å². The van der Waals surface area contributed by atoms with Crippen LogP contribution in [0.15, 0.2) is 0 Å². The molecule has 0 spiro atoms. The Bertz CT molecular complexity index is 281. The Labute approximate surface area is 84.9 Å². The molecule has 0 bridgehead atoms. The molecule has 0 saturated carbocycles. The Hall–Kier alpha value is -0.900. The Balaban J connectivity index is 2.60. The molecule has 0 fully saturated rings. The molecule has 4 heteroatoms. The van der Waals surface area contributed by atoms with Crippen molar-refractivity contribution in [2.75, 3.05) is 6.61 Å². The van der Waals surface area contributed by atoms with E-state index in [2.05, 4.69) is 24.2 Å². The van der Waals surface area contributed by atoms with Gasteiger partial charge in [0.15, 0.2) is 0 Å². The van der Waals surface area contributed by atoms with Gasteiger partial charge in [0.05, 0.1) is 11.4 Å². The molecule has 0 amide bonds. The predicted molar refractivity (Wildman–Crippen MR) is 55.0 cm³/mol. The van der Waals surface area contributed by atoms with Gasteiger partial charge in [0.25, 0.3) is 0 Å². The van der Waals surface area contributed by atoms with E-state index < -0.39 is 0 Å². The van der Waals surface area contributed by atoms with Crippen molar-refractivity contribution in [2.24, 2.45) is 5.92 Å². The van der Waals surface area contributed by atoms with Crippen LogP contribution in [0.5, 0.6) is 0 Å². The van der Waals surface area contributed by atoms with Gasteiger partial charge in [0.2, 0.25) is 0 Å². The van der Waals surface area contributed by atoms with Crippen molar-refractivity contribution in [3.63, 3.8) is 0 Å². The maximum absolute atomic E-state index is 8.79. The van der Waals surface area contributed by atoms with E-state index in [1.165, 1.54) is 0 Å². The van der Waals surface area contributed by atoms with E-state index >= 15 is 0 Å². The monoisotopic (exact) mass is 197 g/mol. The fourth-order valence-electron chi connectivity index (χ4n) is 1.33. The second-order valence-electron chi connectivity index (χ2n) is 4.00. The third-order valence-electron chi connectivity index (χ3n) is 2.35. The number of aryl methyl sites for hydroxylation is 1. The molecule has 0 atom stereocenters. The standard InChI is InChI=1S/C10H19N3O/c1-8(2)4-6-13-9(3)10(5-7-14)11-12-13/h8,14H,4-7H2,1-3H3. The van der Waals surface area contributed by atoms with Crippen molar-refractivity contribution in [1.29, 1.82) is 0 Å². The smallest absolute Gasteiger partial charge is 0.0879 e. The summed E-state index contributed by atoms with van der Waals surface area (Å²) in [5.74, 6) is 0.680. The summed E-state index contributed by atoms with van der Waals surface area (Å²) >= 11 is 0. The first kappa shape index (κ1) is 11.2. The quantitative estimate of drug-likeness (QED) is 0.770. The molecule has 1 aromatic rings. The summed E-state index contributed by atoms with van der Waals surface area (Å²) < 4.78 is 1.92. The average Bonchev–Trinajstić information content (AvgIpc) is 2.46. The van der Waals surface area contributed by atoms with Crippen LogP contribution in [0.3, 0.4) is 0 Å². The van der Waals surface area contributed by atoms with Crippen LogP contribution in [0.1, 0.15) is 31.7 Å². The van der Waals surface area contributed by atoms with Crippen molar-refractivity contribution in [1.82, 2.24) is 15.0 Å². The molecular formula is C10H19N3O. The molecule has 1 heterocycles. The first-order valence-corrected chi connectivity index (χ1v) is 5.15. The highest BCUT2D eigenvalue weighted by molar-refractivity contribution is 5.07. The van der Waals surface area contributed by atoms with E-state index in [1.54, 1.807) is 0 Å². The van der Waals surface area contributed by atoms with Crippen LogP contribution >= 0.6 is 0 Å². The van der Waals surface area contributed by atoms with Gasteiger partial charge in [0, 0.05) is 19.6 Å². The van der Waals surface area contributed by atoms with E-state index in [9.17, 15) is 0 Å². The van der Waals surface area contributed by atoms with E-state index in [0.29, 0.717) is 12.3 Å². The van der Waals surface area contributed by atoms with Crippen LogP contribution in [-0.2, 0) is 13.0 Å². The molecule has 0 aliphatic heterocycles. The lowest BCUT2D eigenvalue weighted by atomic mass is 10.1. The average molecular weight is 197 g/mol. The van der Waals surface area contributed by atoms with Crippen molar-refractivity contribution < 1.29 is 5.11 Å². The van der Waals surface area contributed by atoms with Gasteiger partial charge < -0.3 is 5.11 Å². The summed E-state index contributed by atoms with van der Waals surface area (Å²) in [4.78, 5) is 0. The minimum Gasteiger partial charge on any atom is -0.396 e. The number of aliphatic hydroxyl groups is 1. The first-order valence-electron chi connectivity index (χ1n) is 5.15. The molecule has 0 saturated heterocycles. The Kier molecular flexibility index (Phi) is 4.07. The van der Waals surface area contributed by atoms with Gasteiger partial charge in [-0.3, -0.25) is 0 Å². The molecule has 1 rings (SSSR count). The Morgan fingerprint density at radius 2 is 2.14 bits per heavy atom. The van der Waals surface area contributed by atoms with Crippen molar-refractivity contribution in [2.45, 2.75) is 40.2 Å². The number of hydrogen-bond donors (Lipinski definition) is 1. The summed E-state index contributed by atoms with van der Waals surface area (Å²) in [7, 11) is 0. The molecule has 0 unspecified atom stereocenters. The Morgan fingerprint density at radius 3 is 2.71 bits per heavy atom. The minimum absolute atomic E-state index is 0.143. The molecule has 0 radical (unpaired) electrons. The van der Waals surface area contributed by atoms with Gasteiger partial charge in [-0.25, -0.2) is 4.68 Å². The predicted octanol–water partition coefficient (Wildman–Crippen LogP) is 1.17. The highest BCUT2D eigenvalue weighted by Gasteiger charge is 2.07. The van der Waals surface area contributed by atoms with Crippen LogP contribution in [0.4, 0.5) is 0 Å². The maximum atomic E-state index is 8.79. The van der Waals surface area contributed by atoms with Crippen molar-refractivity contribution in [3.05, 3.63) is 11.4 Å². The van der Waals surface area contributed by atoms with Crippen LogP contribution in [0.2, 0.25) is 0 Å². The summed E-state index contributed by atoms with van der Waals surface area (Å²) in [5.41, 5.74) is 2.00. The lowest BCUT2D eigenvalue weighted by molar-refractivity contribution is 0.298. The second kappa shape index (κ2) is 5.10. The van der Waals surface area contributed by atoms with Crippen LogP contribution in [0.25, 0.3) is 0 Å². The van der Waals surface area contributed by atoms with Gasteiger partial charge in [-0.1, -0.05) is 19.1 Å². The summed E-state index contributed by atoms with van der Waals surface area (Å²) in [6.07, 6.45) is 1.72. The zero-order valence-corrected chi connectivity index (χ0v) is 9.19. The molecule has 4 nitrogen and oxygen atoms in total. The lowest BCUT2D eigenvalue weighted by Crippen LogP contribution is -2.05. The van der Waals surface area contributed by atoms with Gasteiger partial charge in [-0.2, -0.15) is 0 Å². The SMILES string of the molecule is Cc1c(CCO)nnn1CCC(C)C. The summed E-state index contributed by atoms with van der Waals surface area (Å²) in [5, 5.41) is 16.9. The second-order valence-corrected chi connectivity index (χ2v) is 4.00. The van der Waals surface area contributed by atoms with Crippen LogP contribution in [-0.4, -0.2) is 26.7 Å². The normalized spacial score (nSPS) is 11.2. The minimum atomic E-state index is 0.143. The number of aromatic nitrogens is 3. The van der Waals surface area contributed by atoms with Gasteiger partial charge in [0.1, 0.15) is 0 Å². The van der Waals surface area contributed by atoms with E-state index in [-0.39, 0.29) is 6.61 Å². The van der Waals surface area contributed by atoms with Gasteiger partial charge >= 0.3 is 0 Å². The van der Waals surface area contributed by atoms with Gasteiger partial charge in [-0.05, 0) is 19.3 Å². The third-order valence-corrected chi connectivity index (χ3v) is 2.35.